The molecule has 0 radical (unpaired) electrons. The van der Waals surface area contributed by atoms with Gasteiger partial charge in [0.15, 0.2) is 10.6 Å². The highest BCUT2D eigenvalue weighted by Crippen LogP contribution is 2.29. The Kier molecular flexibility index (Phi) is 5.25. The first-order valence-corrected chi connectivity index (χ1v) is 9.66. The SMILES string of the molecule is COc1ccc(-c2n[nH]c(=S)n2CC(=O)N2CCCC[C@@H]2c2ncc[nH]2)cc1. The van der Waals surface area contributed by atoms with Crippen LogP contribution in [0.5, 0.6) is 5.75 Å². The van der Waals surface area contributed by atoms with E-state index in [2.05, 4.69) is 20.2 Å². The van der Waals surface area contributed by atoms with Crippen LogP contribution in [0.3, 0.4) is 0 Å². The molecule has 0 saturated carbocycles. The second-order valence-corrected chi connectivity index (χ2v) is 7.13. The molecule has 3 aromatic rings. The van der Waals surface area contributed by atoms with Crippen molar-refractivity contribution in [2.24, 2.45) is 0 Å². The molecule has 2 aromatic heterocycles. The van der Waals surface area contributed by atoms with Gasteiger partial charge in [-0.05, 0) is 55.7 Å². The van der Waals surface area contributed by atoms with E-state index in [-0.39, 0.29) is 18.5 Å². The van der Waals surface area contributed by atoms with Crippen LogP contribution in [0.4, 0.5) is 0 Å². The van der Waals surface area contributed by atoms with Gasteiger partial charge in [-0.25, -0.2) is 4.98 Å². The zero-order valence-electron chi connectivity index (χ0n) is 15.6. The summed E-state index contributed by atoms with van der Waals surface area (Å²) in [4.78, 5) is 22.6. The van der Waals surface area contributed by atoms with E-state index in [1.54, 1.807) is 24.1 Å². The fraction of sp³-hybridized carbons (Fsp3) is 0.368. The van der Waals surface area contributed by atoms with Crippen LogP contribution in [0.2, 0.25) is 0 Å². The van der Waals surface area contributed by atoms with E-state index in [4.69, 9.17) is 17.0 Å². The molecule has 4 rings (SSSR count). The molecule has 3 heterocycles. The van der Waals surface area contributed by atoms with Crippen LogP contribution < -0.4 is 4.74 Å². The number of rotatable bonds is 5. The summed E-state index contributed by atoms with van der Waals surface area (Å²) in [5.41, 5.74) is 0.863. The maximum absolute atomic E-state index is 13.2. The molecule has 0 aliphatic carbocycles. The van der Waals surface area contributed by atoms with Gasteiger partial charge in [-0.3, -0.25) is 14.5 Å². The number of methoxy groups -OCH3 is 1. The molecule has 146 valence electrons. The molecular weight excluding hydrogens is 376 g/mol. The summed E-state index contributed by atoms with van der Waals surface area (Å²) in [6.07, 6.45) is 6.49. The summed E-state index contributed by atoms with van der Waals surface area (Å²) in [6.45, 7) is 0.848. The van der Waals surface area contributed by atoms with Gasteiger partial charge in [-0.1, -0.05) is 0 Å². The zero-order valence-corrected chi connectivity index (χ0v) is 16.4. The Morgan fingerprint density at radius 2 is 2.14 bits per heavy atom. The number of hydrogen-bond donors (Lipinski definition) is 2. The van der Waals surface area contributed by atoms with Crippen LogP contribution in [-0.4, -0.2) is 49.2 Å². The Bertz CT molecular complexity index is 992. The molecule has 1 aromatic carbocycles. The molecule has 1 aliphatic rings. The van der Waals surface area contributed by atoms with Crippen LogP contribution in [-0.2, 0) is 11.3 Å². The number of nitrogens with zero attached hydrogens (tertiary/aromatic N) is 4. The topological polar surface area (TPSA) is 91.8 Å². The summed E-state index contributed by atoms with van der Waals surface area (Å²) in [5.74, 6) is 2.23. The number of aromatic nitrogens is 5. The lowest BCUT2D eigenvalue weighted by molar-refractivity contribution is -0.135. The van der Waals surface area contributed by atoms with E-state index in [0.717, 1.165) is 36.4 Å². The van der Waals surface area contributed by atoms with Crippen molar-refractivity contribution < 1.29 is 9.53 Å². The number of imidazole rings is 1. The molecule has 2 N–H and O–H groups in total. The Morgan fingerprint density at radius 1 is 1.32 bits per heavy atom. The van der Waals surface area contributed by atoms with Crippen molar-refractivity contribution in [1.29, 1.82) is 0 Å². The molecule has 8 nitrogen and oxygen atoms in total. The Morgan fingerprint density at radius 3 is 2.86 bits per heavy atom. The van der Waals surface area contributed by atoms with Crippen molar-refractivity contribution in [2.45, 2.75) is 31.8 Å². The second kappa shape index (κ2) is 7.97. The van der Waals surface area contributed by atoms with Crippen molar-refractivity contribution in [3.8, 4) is 17.1 Å². The second-order valence-electron chi connectivity index (χ2n) is 6.74. The molecular formula is C19H22N6O2S. The van der Waals surface area contributed by atoms with Crippen LogP contribution in [0.15, 0.2) is 36.7 Å². The molecule has 0 spiro atoms. The number of carbonyl (C=O) groups excluding carboxylic acids is 1. The number of benzene rings is 1. The van der Waals surface area contributed by atoms with Gasteiger partial charge in [0.05, 0.1) is 13.2 Å². The van der Waals surface area contributed by atoms with Crippen LogP contribution in [0.25, 0.3) is 11.4 Å². The lowest BCUT2D eigenvalue weighted by Crippen LogP contribution is -2.40. The van der Waals surface area contributed by atoms with Crippen molar-refractivity contribution in [3.63, 3.8) is 0 Å². The fourth-order valence-electron chi connectivity index (χ4n) is 3.62. The average Bonchev–Trinajstić information content (AvgIpc) is 3.39. The number of H-pyrrole nitrogens is 2. The van der Waals surface area contributed by atoms with Crippen molar-refractivity contribution in [1.82, 2.24) is 29.6 Å². The number of hydrogen-bond acceptors (Lipinski definition) is 5. The number of nitrogens with one attached hydrogen (secondary N) is 2. The molecule has 1 atom stereocenters. The van der Waals surface area contributed by atoms with E-state index in [9.17, 15) is 4.79 Å². The Hall–Kier alpha value is -2.94. The molecule has 28 heavy (non-hydrogen) atoms. The van der Waals surface area contributed by atoms with Gasteiger partial charge >= 0.3 is 0 Å². The van der Waals surface area contributed by atoms with E-state index in [1.165, 1.54) is 0 Å². The van der Waals surface area contributed by atoms with Crippen molar-refractivity contribution in [3.05, 3.63) is 47.3 Å². The number of piperidine rings is 1. The average molecular weight is 398 g/mol. The summed E-state index contributed by atoms with van der Waals surface area (Å²) >= 11 is 5.38. The monoisotopic (exact) mass is 398 g/mol. The molecule has 1 amide bonds. The summed E-state index contributed by atoms with van der Waals surface area (Å²) in [6, 6.07) is 7.49. The van der Waals surface area contributed by atoms with Gasteiger partial charge in [0, 0.05) is 24.5 Å². The summed E-state index contributed by atoms with van der Waals surface area (Å²) in [7, 11) is 1.62. The van der Waals surface area contributed by atoms with Crippen LogP contribution >= 0.6 is 12.2 Å². The smallest absolute Gasteiger partial charge is 0.243 e. The number of carbonyl (C=O) groups is 1. The van der Waals surface area contributed by atoms with Gasteiger partial charge in [0.25, 0.3) is 0 Å². The number of amides is 1. The first-order valence-electron chi connectivity index (χ1n) is 9.25. The minimum Gasteiger partial charge on any atom is -0.497 e. The van der Waals surface area contributed by atoms with E-state index in [1.807, 2.05) is 29.2 Å². The normalized spacial score (nSPS) is 16.9. The molecule has 1 fully saturated rings. The molecule has 0 unspecified atom stereocenters. The number of aromatic amines is 2. The maximum Gasteiger partial charge on any atom is 0.243 e. The van der Waals surface area contributed by atoms with Crippen molar-refractivity contribution >= 4 is 18.1 Å². The Balaban J connectivity index is 1.59. The molecule has 9 heteroatoms. The predicted molar refractivity (Wildman–Crippen MR) is 106 cm³/mol. The lowest BCUT2D eigenvalue weighted by atomic mass is 10.0. The largest absolute Gasteiger partial charge is 0.497 e. The van der Waals surface area contributed by atoms with Crippen molar-refractivity contribution in [2.75, 3.05) is 13.7 Å². The van der Waals surface area contributed by atoms with Gasteiger partial charge in [-0.15, -0.1) is 0 Å². The minimum atomic E-state index is -0.0261. The highest BCUT2D eigenvalue weighted by Gasteiger charge is 2.30. The van der Waals surface area contributed by atoms with Gasteiger partial charge in [0.1, 0.15) is 18.1 Å². The molecule has 1 saturated heterocycles. The zero-order chi connectivity index (χ0) is 19.5. The Labute approximate surface area is 167 Å². The van der Waals surface area contributed by atoms with Crippen LogP contribution in [0.1, 0.15) is 31.1 Å². The lowest BCUT2D eigenvalue weighted by Gasteiger charge is -2.34. The van der Waals surface area contributed by atoms with Gasteiger partial charge in [-0.2, -0.15) is 5.10 Å². The first kappa shape index (κ1) is 18.4. The predicted octanol–water partition coefficient (Wildman–Crippen LogP) is 3.09. The molecule has 0 bridgehead atoms. The third-order valence-electron chi connectivity index (χ3n) is 5.06. The fourth-order valence-corrected chi connectivity index (χ4v) is 3.82. The van der Waals surface area contributed by atoms with E-state index in [0.29, 0.717) is 17.1 Å². The highest BCUT2D eigenvalue weighted by atomic mass is 32.1. The first-order chi connectivity index (χ1) is 13.7. The van der Waals surface area contributed by atoms with E-state index < -0.39 is 0 Å². The van der Waals surface area contributed by atoms with E-state index >= 15 is 0 Å². The number of likely N-dealkylation sites (tertiary alicyclic amines) is 1. The molecule has 1 aliphatic heterocycles. The highest BCUT2D eigenvalue weighted by molar-refractivity contribution is 7.71. The number of ether oxygens (including phenoxy) is 1. The minimum absolute atomic E-state index is 0.00774. The van der Waals surface area contributed by atoms with Crippen LogP contribution in [0, 0.1) is 4.77 Å². The summed E-state index contributed by atoms with van der Waals surface area (Å²) < 4.78 is 7.37. The van der Waals surface area contributed by atoms with Gasteiger partial charge < -0.3 is 14.6 Å². The maximum atomic E-state index is 13.2. The van der Waals surface area contributed by atoms with Gasteiger partial charge in [0.2, 0.25) is 5.91 Å². The standard InChI is InChI=1S/C19H22N6O2S/c1-27-14-7-5-13(6-8-14)18-22-23-19(28)25(18)12-16(26)24-11-3-2-4-15(24)17-20-9-10-21-17/h5-10,15H,2-4,11-12H2,1H3,(H,20,21)(H,23,28)/t15-/m1/s1. The quantitative estimate of drug-likeness (QED) is 0.645. The summed E-state index contributed by atoms with van der Waals surface area (Å²) in [5, 5.41) is 7.13. The third-order valence-corrected chi connectivity index (χ3v) is 5.37. The third kappa shape index (κ3) is 3.57.